The summed E-state index contributed by atoms with van der Waals surface area (Å²) < 4.78 is 10.7. The Morgan fingerprint density at radius 3 is 2.35 bits per heavy atom. The van der Waals surface area contributed by atoms with E-state index in [0.29, 0.717) is 53.7 Å². The van der Waals surface area contributed by atoms with Crippen molar-refractivity contribution < 1.29 is 19.1 Å². The minimum atomic E-state index is -0.363. The van der Waals surface area contributed by atoms with Gasteiger partial charge in [-0.3, -0.25) is 10.1 Å². The highest BCUT2D eigenvalue weighted by Gasteiger charge is 2.07. The van der Waals surface area contributed by atoms with Crippen molar-refractivity contribution in [3.63, 3.8) is 0 Å². The van der Waals surface area contributed by atoms with Crippen molar-refractivity contribution >= 4 is 41.1 Å². The number of amides is 2. The van der Waals surface area contributed by atoms with Gasteiger partial charge in [0, 0.05) is 17.3 Å². The number of esters is 1. The summed E-state index contributed by atoms with van der Waals surface area (Å²) in [6.07, 6.45) is 1.55. The number of anilines is 2. The number of benzene rings is 2. The van der Waals surface area contributed by atoms with E-state index in [-0.39, 0.29) is 18.5 Å². The smallest absolute Gasteiger partial charge is 0.325 e. The number of carbonyl (C=O) groups excluding carboxylic acids is 2. The first kappa shape index (κ1) is 27.3. The predicted molar refractivity (Wildman–Crippen MR) is 144 cm³/mol. The highest BCUT2D eigenvalue weighted by atomic mass is 35.5. The fourth-order valence-corrected chi connectivity index (χ4v) is 3.11. The number of nitrogens with zero attached hydrogens (tertiary/aromatic N) is 2. The molecule has 2 amide bonds. The molecule has 0 bridgehead atoms. The lowest BCUT2D eigenvalue weighted by molar-refractivity contribution is -0.140. The minimum absolute atomic E-state index is 0.0372. The lowest BCUT2D eigenvalue weighted by Gasteiger charge is -2.13. The second-order valence-electron chi connectivity index (χ2n) is 7.56. The van der Waals surface area contributed by atoms with E-state index in [4.69, 9.17) is 21.1 Å². The van der Waals surface area contributed by atoms with Crippen molar-refractivity contribution in [2.75, 3.05) is 30.3 Å². The Balaban J connectivity index is 1.60. The molecule has 1 aromatic heterocycles. The summed E-state index contributed by atoms with van der Waals surface area (Å²) in [5, 5.41) is 12.1. The van der Waals surface area contributed by atoms with Gasteiger partial charge in [-0.2, -0.15) is 0 Å². The quantitative estimate of drug-likeness (QED) is 0.171. The molecule has 0 aliphatic rings. The molecule has 11 heteroatoms. The van der Waals surface area contributed by atoms with E-state index >= 15 is 0 Å². The molecule has 4 N–H and O–H groups in total. The lowest BCUT2D eigenvalue weighted by Crippen LogP contribution is -2.42. The second kappa shape index (κ2) is 14.3. The van der Waals surface area contributed by atoms with E-state index in [2.05, 4.69) is 31.2 Å². The number of nitrogens with one attached hydrogen (secondary N) is 4. The normalized spacial score (nSPS) is 10.8. The van der Waals surface area contributed by atoms with E-state index in [1.807, 2.05) is 19.1 Å². The lowest BCUT2D eigenvalue weighted by atomic mass is 10.2. The third-order valence-electron chi connectivity index (χ3n) is 4.71. The van der Waals surface area contributed by atoms with Crippen molar-refractivity contribution in [1.29, 1.82) is 0 Å². The van der Waals surface area contributed by atoms with Crippen LogP contribution in [-0.4, -0.2) is 42.6 Å². The van der Waals surface area contributed by atoms with Crippen LogP contribution in [0, 0.1) is 0 Å². The number of guanidine groups is 1. The average molecular weight is 525 g/mol. The molecule has 0 spiro atoms. The van der Waals surface area contributed by atoms with Gasteiger partial charge in [-0.1, -0.05) is 23.7 Å². The van der Waals surface area contributed by atoms with Gasteiger partial charge >= 0.3 is 12.0 Å². The molecule has 194 valence electrons. The third kappa shape index (κ3) is 9.69. The van der Waals surface area contributed by atoms with Crippen LogP contribution in [0.5, 0.6) is 11.5 Å². The number of aliphatic imine (C=N–C) groups is 1. The Kier molecular flexibility index (Phi) is 10.5. The van der Waals surface area contributed by atoms with E-state index in [0.717, 1.165) is 5.56 Å². The number of carbonyl (C=O) groups is 2. The molecule has 0 fully saturated rings. The van der Waals surface area contributed by atoms with E-state index in [1.54, 1.807) is 61.7 Å². The fraction of sp³-hybridized carbons (Fsp3) is 0.231. The predicted octanol–water partition coefficient (Wildman–Crippen LogP) is 4.79. The molecule has 3 rings (SSSR count). The summed E-state index contributed by atoms with van der Waals surface area (Å²) in [7, 11) is 0. The first-order valence-electron chi connectivity index (χ1n) is 11.7. The maximum Gasteiger partial charge on any atom is 0.325 e. The first-order valence-corrected chi connectivity index (χ1v) is 12.1. The summed E-state index contributed by atoms with van der Waals surface area (Å²) in [5.41, 5.74) is 1.65. The van der Waals surface area contributed by atoms with Crippen LogP contribution in [0.2, 0.25) is 5.02 Å². The zero-order valence-electron chi connectivity index (χ0n) is 20.6. The third-order valence-corrected chi connectivity index (χ3v) is 4.96. The van der Waals surface area contributed by atoms with Crippen LogP contribution in [0.15, 0.2) is 71.9 Å². The molecule has 1 heterocycles. The molecular formula is C26H29ClN6O4. The monoisotopic (exact) mass is 524 g/mol. The summed E-state index contributed by atoms with van der Waals surface area (Å²) in [6, 6.07) is 17.6. The van der Waals surface area contributed by atoms with Gasteiger partial charge in [0.25, 0.3) is 0 Å². The molecule has 0 saturated heterocycles. The van der Waals surface area contributed by atoms with Crippen LogP contribution in [0.3, 0.4) is 0 Å². The second-order valence-corrected chi connectivity index (χ2v) is 8.00. The largest absolute Gasteiger partial charge is 0.465 e. The minimum Gasteiger partial charge on any atom is -0.465 e. The number of pyridine rings is 1. The van der Waals surface area contributed by atoms with Crippen molar-refractivity contribution in [2.45, 2.75) is 20.4 Å². The highest BCUT2D eigenvalue weighted by Crippen LogP contribution is 2.23. The average Bonchev–Trinajstić information content (AvgIpc) is 2.89. The maximum absolute atomic E-state index is 12.1. The van der Waals surface area contributed by atoms with E-state index in [9.17, 15) is 9.59 Å². The highest BCUT2D eigenvalue weighted by molar-refractivity contribution is 6.30. The molecule has 10 nitrogen and oxygen atoms in total. The molecule has 0 atom stereocenters. The summed E-state index contributed by atoms with van der Waals surface area (Å²) in [6.45, 7) is 4.79. The maximum atomic E-state index is 12.1. The van der Waals surface area contributed by atoms with E-state index < -0.39 is 0 Å². The molecule has 37 heavy (non-hydrogen) atoms. The van der Waals surface area contributed by atoms with Gasteiger partial charge in [-0.05, 0) is 67.9 Å². The molecular weight excluding hydrogens is 496 g/mol. The van der Waals surface area contributed by atoms with E-state index in [1.165, 1.54) is 0 Å². The molecule has 0 aliphatic carbocycles. The SMILES string of the molecule is CCNC(=O)NC(=NCc1ccc(Cl)cc1)Nc1ccc(Oc2ccc(NCC(=O)OCC)nc2)cc1. The molecule has 0 saturated carbocycles. The number of ether oxygens (including phenoxy) is 2. The Morgan fingerprint density at radius 1 is 0.973 bits per heavy atom. The van der Waals surface area contributed by atoms with Crippen LogP contribution in [0.4, 0.5) is 16.3 Å². The molecule has 3 aromatic rings. The zero-order valence-corrected chi connectivity index (χ0v) is 21.3. The van der Waals surface area contributed by atoms with Crippen LogP contribution in [-0.2, 0) is 16.1 Å². The summed E-state index contributed by atoms with van der Waals surface area (Å²) in [4.78, 5) is 32.2. The first-order chi connectivity index (χ1) is 17.9. The number of hydrogen-bond acceptors (Lipinski definition) is 7. The van der Waals surface area contributed by atoms with Gasteiger partial charge in [0.2, 0.25) is 5.96 Å². The molecule has 0 aliphatic heterocycles. The van der Waals surface area contributed by atoms with Gasteiger partial charge in [-0.15, -0.1) is 0 Å². The Bertz CT molecular complexity index is 1190. The van der Waals surface area contributed by atoms with Crippen molar-refractivity contribution in [3.05, 3.63) is 77.4 Å². The Hall–Kier alpha value is -4.31. The molecule has 0 radical (unpaired) electrons. The van der Waals surface area contributed by atoms with Crippen LogP contribution >= 0.6 is 11.6 Å². The van der Waals surface area contributed by atoms with Crippen LogP contribution in [0.25, 0.3) is 0 Å². The summed E-state index contributed by atoms with van der Waals surface area (Å²) >= 11 is 5.94. The number of urea groups is 1. The van der Waals surface area contributed by atoms with Crippen molar-refractivity contribution in [3.8, 4) is 11.5 Å². The van der Waals surface area contributed by atoms with Crippen molar-refractivity contribution in [2.24, 2.45) is 4.99 Å². The Labute approximate surface area is 220 Å². The summed E-state index contributed by atoms with van der Waals surface area (Å²) in [5.74, 6) is 1.61. The zero-order chi connectivity index (χ0) is 26.5. The van der Waals surface area contributed by atoms with Crippen LogP contribution < -0.4 is 26.0 Å². The Morgan fingerprint density at radius 2 is 1.70 bits per heavy atom. The number of rotatable bonds is 10. The number of halogens is 1. The van der Waals surface area contributed by atoms with Crippen molar-refractivity contribution in [1.82, 2.24) is 15.6 Å². The number of aromatic nitrogens is 1. The standard InChI is InChI=1S/C26H29ClN6O4/c1-3-28-26(35)33-25(31-15-18-5-7-19(27)8-6-18)32-20-9-11-21(12-10-20)37-22-13-14-23(29-16-22)30-17-24(34)36-4-2/h5-14,16H,3-4,15,17H2,1-2H3,(H,29,30)(H3,28,31,32,33,35). The van der Waals surface area contributed by atoms with Gasteiger partial charge in [0.15, 0.2) is 0 Å². The van der Waals surface area contributed by atoms with Gasteiger partial charge in [0.1, 0.15) is 23.9 Å². The fourth-order valence-electron chi connectivity index (χ4n) is 2.98. The molecule has 2 aromatic carbocycles. The topological polar surface area (TPSA) is 126 Å². The van der Waals surface area contributed by atoms with Gasteiger partial charge in [-0.25, -0.2) is 14.8 Å². The van der Waals surface area contributed by atoms with Gasteiger partial charge in [0.05, 0.1) is 19.3 Å². The van der Waals surface area contributed by atoms with Crippen LogP contribution in [0.1, 0.15) is 19.4 Å². The van der Waals surface area contributed by atoms with Gasteiger partial charge < -0.3 is 25.4 Å². The molecule has 0 unspecified atom stereocenters. The number of hydrogen-bond donors (Lipinski definition) is 4.